The number of hydrogen-bond acceptors (Lipinski definition) is 4. The lowest BCUT2D eigenvalue weighted by Gasteiger charge is -2.18. The summed E-state index contributed by atoms with van der Waals surface area (Å²) in [5.74, 6) is 0.400. The van der Waals surface area contributed by atoms with Crippen LogP contribution in [0.4, 0.5) is 0 Å². The zero-order valence-electron chi connectivity index (χ0n) is 15.9. The lowest BCUT2D eigenvalue weighted by Crippen LogP contribution is -2.30. The highest BCUT2D eigenvalue weighted by Crippen LogP contribution is 2.16. The number of ether oxygens (including phenoxy) is 1. The normalized spacial score (nSPS) is 11.4. The minimum absolute atomic E-state index is 0.0719. The molecular formula is C20H26N2O4S. The van der Waals surface area contributed by atoms with Crippen molar-refractivity contribution in [3.05, 3.63) is 59.7 Å². The molecule has 2 aromatic carbocycles. The molecule has 0 aromatic heterocycles. The van der Waals surface area contributed by atoms with E-state index in [-0.39, 0.29) is 17.4 Å². The van der Waals surface area contributed by atoms with Gasteiger partial charge in [-0.3, -0.25) is 4.79 Å². The molecule has 1 amide bonds. The van der Waals surface area contributed by atoms with Crippen molar-refractivity contribution in [2.75, 3.05) is 19.7 Å². The molecule has 1 N–H and O–H groups in total. The van der Waals surface area contributed by atoms with Gasteiger partial charge in [-0.25, -0.2) is 8.42 Å². The molecule has 0 saturated carbocycles. The van der Waals surface area contributed by atoms with Gasteiger partial charge in [-0.05, 0) is 36.8 Å². The van der Waals surface area contributed by atoms with Crippen LogP contribution in [0.25, 0.3) is 0 Å². The van der Waals surface area contributed by atoms with Crippen LogP contribution in [0.15, 0.2) is 53.4 Å². The molecule has 0 aliphatic heterocycles. The van der Waals surface area contributed by atoms with Gasteiger partial charge >= 0.3 is 0 Å². The first-order chi connectivity index (χ1) is 12.9. The van der Waals surface area contributed by atoms with E-state index in [0.717, 1.165) is 11.1 Å². The van der Waals surface area contributed by atoms with Gasteiger partial charge in [-0.15, -0.1) is 0 Å². The van der Waals surface area contributed by atoms with Crippen LogP contribution >= 0.6 is 0 Å². The second-order valence-electron chi connectivity index (χ2n) is 6.11. The van der Waals surface area contributed by atoms with Gasteiger partial charge in [0.2, 0.25) is 10.0 Å². The second kappa shape index (κ2) is 9.53. The largest absolute Gasteiger partial charge is 0.484 e. The van der Waals surface area contributed by atoms with Crippen molar-refractivity contribution >= 4 is 15.9 Å². The fraction of sp³-hybridized carbons (Fsp3) is 0.350. The standard InChI is InChI=1S/C20H26N2O4S/c1-4-22(5-2)27(24,25)19-12-8-17(9-13-19)14-21-20(23)15-26-18-10-6-16(3)7-11-18/h6-13H,4-5,14-15H2,1-3H3,(H,21,23). The maximum absolute atomic E-state index is 12.5. The van der Waals surface area contributed by atoms with Crippen molar-refractivity contribution in [3.8, 4) is 5.75 Å². The van der Waals surface area contributed by atoms with Crippen molar-refractivity contribution in [1.29, 1.82) is 0 Å². The predicted molar refractivity (Wildman–Crippen MR) is 105 cm³/mol. The number of hydrogen-bond donors (Lipinski definition) is 1. The molecular weight excluding hydrogens is 364 g/mol. The zero-order valence-corrected chi connectivity index (χ0v) is 16.8. The fourth-order valence-corrected chi connectivity index (χ4v) is 3.98. The van der Waals surface area contributed by atoms with E-state index in [1.54, 1.807) is 24.3 Å². The summed E-state index contributed by atoms with van der Waals surface area (Å²) in [6, 6.07) is 14.0. The van der Waals surface area contributed by atoms with Crippen LogP contribution in [0.2, 0.25) is 0 Å². The molecule has 0 saturated heterocycles. The van der Waals surface area contributed by atoms with Crippen molar-refractivity contribution in [1.82, 2.24) is 9.62 Å². The van der Waals surface area contributed by atoms with E-state index >= 15 is 0 Å². The average Bonchev–Trinajstić information content (AvgIpc) is 2.67. The minimum Gasteiger partial charge on any atom is -0.484 e. The summed E-state index contributed by atoms with van der Waals surface area (Å²) >= 11 is 0. The number of amides is 1. The van der Waals surface area contributed by atoms with Gasteiger partial charge in [0.25, 0.3) is 5.91 Å². The van der Waals surface area contributed by atoms with Gasteiger partial charge < -0.3 is 10.1 Å². The van der Waals surface area contributed by atoms with Gasteiger partial charge in [0.15, 0.2) is 6.61 Å². The molecule has 0 heterocycles. The summed E-state index contributed by atoms with van der Waals surface area (Å²) in [7, 11) is -3.47. The van der Waals surface area contributed by atoms with Crippen molar-refractivity contribution < 1.29 is 17.9 Å². The van der Waals surface area contributed by atoms with Crippen molar-refractivity contribution in [2.45, 2.75) is 32.2 Å². The number of nitrogens with zero attached hydrogens (tertiary/aromatic N) is 1. The summed E-state index contributed by atoms with van der Waals surface area (Å²) in [4.78, 5) is 12.2. The smallest absolute Gasteiger partial charge is 0.258 e. The fourth-order valence-electron chi connectivity index (χ4n) is 2.53. The summed E-state index contributed by atoms with van der Waals surface area (Å²) in [5, 5.41) is 2.76. The average molecular weight is 391 g/mol. The molecule has 0 fully saturated rings. The Balaban J connectivity index is 1.87. The van der Waals surface area contributed by atoms with E-state index in [1.807, 2.05) is 45.0 Å². The Morgan fingerprint density at radius 1 is 1.00 bits per heavy atom. The van der Waals surface area contributed by atoms with E-state index in [9.17, 15) is 13.2 Å². The predicted octanol–water partition coefficient (Wildman–Crippen LogP) is 2.72. The zero-order chi connectivity index (χ0) is 19.9. The number of carbonyl (C=O) groups is 1. The van der Waals surface area contributed by atoms with Crippen LogP contribution in [-0.2, 0) is 21.4 Å². The van der Waals surface area contributed by atoms with Gasteiger partial charge in [0.05, 0.1) is 4.90 Å². The number of rotatable bonds is 9. The summed E-state index contributed by atoms with van der Waals surface area (Å²) in [6.07, 6.45) is 0. The van der Waals surface area contributed by atoms with Crippen LogP contribution < -0.4 is 10.1 Å². The maximum Gasteiger partial charge on any atom is 0.258 e. The monoisotopic (exact) mass is 390 g/mol. The molecule has 6 nitrogen and oxygen atoms in total. The molecule has 0 unspecified atom stereocenters. The second-order valence-corrected chi connectivity index (χ2v) is 8.05. The van der Waals surface area contributed by atoms with Gasteiger partial charge in [0.1, 0.15) is 5.75 Å². The molecule has 0 aliphatic carbocycles. The Kier molecular flexibility index (Phi) is 7.38. The van der Waals surface area contributed by atoms with E-state index in [1.165, 1.54) is 4.31 Å². The summed E-state index contributed by atoms with van der Waals surface area (Å²) in [6.45, 7) is 6.69. The minimum atomic E-state index is -3.47. The highest BCUT2D eigenvalue weighted by molar-refractivity contribution is 7.89. The number of aryl methyl sites for hydroxylation is 1. The molecule has 146 valence electrons. The van der Waals surface area contributed by atoms with Crippen molar-refractivity contribution in [2.24, 2.45) is 0 Å². The summed E-state index contributed by atoms with van der Waals surface area (Å²) in [5.41, 5.74) is 1.94. The molecule has 0 spiro atoms. The number of sulfonamides is 1. The Labute approximate surface area is 161 Å². The van der Waals surface area contributed by atoms with Crippen LogP contribution in [0.5, 0.6) is 5.75 Å². The van der Waals surface area contributed by atoms with Crippen LogP contribution in [-0.4, -0.2) is 38.3 Å². The van der Waals surface area contributed by atoms with E-state index in [4.69, 9.17) is 4.74 Å². The van der Waals surface area contributed by atoms with Crippen LogP contribution in [0.1, 0.15) is 25.0 Å². The topological polar surface area (TPSA) is 75.7 Å². The first-order valence-electron chi connectivity index (χ1n) is 8.92. The Morgan fingerprint density at radius 2 is 1.59 bits per heavy atom. The quantitative estimate of drug-likeness (QED) is 0.714. The molecule has 0 atom stereocenters. The number of nitrogens with one attached hydrogen (secondary N) is 1. The highest BCUT2D eigenvalue weighted by atomic mass is 32.2. The maximum atomic E-state index is 12.5. The van der Waals surface area contributed by atoms with Crippen LogP contribution in [0.3, 0.4) is 0 Å². The Hall–Kier alpha value is -2.38. The molecule has 27 heavy (non-hydrogen) atoms. The third-order valence-electron chi connectivity index (χ3n) is 4.15. The van der Waals surface area contributed by atoms with Gasteiger partial charge in [0, 0.05) is 19.6 Å². The molecule has 0 aliphatic rings. The van der Waals surface area contributed by atoms with E-state index in [0.29, 0.717) is 25.4 Å². The Morgan fingerprint density at radius 3 is 2.15 bits per heavy atom. The molecule has 7 heteroatoms. The lowest BCUT2D eigenvalue weighted by atomic mass is 10.2. The van der Waals surface area contributed by atoms with E-state index in [2.05, 4.69) is 5.32 Å². The van der Waals surface area contributed by atoms with Crippen LogP contribution in [0, 0.1) is 6.92 Å². The highest BCUT2D eigenvalue weighted by Gasteiger charge is 2.21. The van der Waals surface area contributed by atoms with E-state index < -0.39 is 10.0 Å². The molecule has 2 rings (SSSR count). The van der Waals surface area contributed by atoms with Crippen molar-refractivity contribution in [3.63, 3.8) is 0 Å². The SMILES string of the molecule is CCN(CC)S(=O)(=O)c1ccc(CNC(=O)COc2ccc(C)cc2)cc1. The summed E-state index contributed by atoms with van der Waals surface area (Å²) < 4.78 is 31.7. The molecule has 2 aromatic rings. The molecule has 0 bridgehead atoms. The number of benzene rings is 2. The number of carbonyl (C=O) groups excluding carboxylic acids is 1. The first kappa shape index (κ1) is 20.9. The lowest BCUT2D eigenvalue weighted by molar-refractivity contribution is -0.123. The van der Waals surface area contributed by atoms with Gasteiger partial charge in [-0.2, -0.15) is 4.31 Å². The third kappa shape index (κ3) is 5.80. The molecule has 0 radical (unpaired) electrons. The first-order valence-corrected chi connectivity index (χ1v) is 10.4. The Bertz CT molecular complexity index is 843. The van der Waals surface area contributed by atoms with Gasteiger partial charge in [-0.1, -0.05) is 43.7 Å². The third-order valence-corrected chi connectivity index (χ3v) is 6.21.